The number of rotatable bonds is 5. The van der Waals surface area contributed by atoms with Crippen LogP contribution in [0.3, 0.4) is 0 Å². The van der Waals surface area contributed by atoms with Crippen molar-refractivity contribution in [3.63, 3.8) is 0 Å². The molecule has 0 radical (unpaired) electrons. The van der Waals surface area contributed by atoms with Gasteiger partial charge in [0.25, 0.3) is 0 Å². The SMILES string of the molecule is Cc1ccc(-n2c(COc3ccc(Cl)c(C)c3)nnc2-c2ccc(F)cc2)cc1. The number of benzene rings is 3. The lowest BCUT2D eigenvalue weighted by atomic mass is 10.2. The molecular formula is C23H19ClFN3O. The van der Waals surface area contributed by atoms with Gasteiger partial charge in [-0.3, -0.25) is 4.57 Å². The van der Waals surface area contributed by atoms with Crippen LogP contribution in [0.5, 0.6) is 5.75 Å². The molecule has 4 rings (SSSR count). The summed E-state index contributed by atoms with van der Waals surface area (Å²) < 4.78 is 21.2. The van der Waals surface area contributed by atoms with Crippen molar-refractivity contribution < 1.29 is 9.13 Å². The summed E-state index contributed by atoms with van der Waals surface area (Å²) >= 11 is 6.09. The highest BCUT2D eigenvalue weighted by atomic mass is 35.5. The highest BCUT2D eigenvalue weighted by Crippen LogP contribution is 2.25. The van der Waals surface area contributed by atoms with E-state index in [9.17, 15) is 4.39 Å². The average molecular weight is 408 g/mol. The highest BCUT2D eigenvalue weighted by Gasteiger charge is 2.16. The van der Waals surface area contributed by atoms with Crippen molar-refractivity contribution in [3.8, 4) is 22.8 Å². The summed E-state index contributed by atoms with van der Waals surface area (Å²) in [4.78, 5) is 0. The van der Waals surface area contributed by atoms with Crippen molar-refractivity contribution in [2.45, 2.75) is 20.5 Å². The Labute approximate surface area is 173 Å². The van der Waals surface area contributed by atoms with Crippen LogP contribution in [0.1, 0.15) is 17.0 Å². The van der Waals surface area contributed by atoms with Gasteiger partial charge in [0.05, 0.1) is 0 Å². The van der Waals surface area contributed by atoms with E-state index >= 15 is 0 Å². The quantitative estimate of drug-likeness (QED) is 0.412. The topological polar surface area (TPSA) is 39.9 Å². The zero-order valence-electron chi connectivity index (χ0n) is 16.1. The second-order valence-electron chi connectivity index (χ2n) is 6.82. The highest BCUT2D eigenvalue weighted by molar-refractivity contribution is 6.31. The van der Waals surface area contributed by atoms with Gasteiger partial charge in [0, 0.05) is 16.3 Å². The first-order valence-electron chi connectivity index (χ1n) is 9.17. The molecule has 0 amide bonds. The Balaban J connectivity index is 1.72. The molecule has 0 N–H and O–H groups in total. The largest absolute Gasteiger partial charge is 0.486 e. The molecule has 0 bridgehead atoms. The van der Waals surface area contributed by atoms with Gasteiger partial charge in [-0.15, -0.1) is 10.2 Å². The fourth-order valence-corrected chi connectivity index (χ4v) is 3.13. The molecule has 1 heterocycles. The second kappa shape index (κ2) is 8.05. The first-order chi connectivity index (χ1) is 14.0. The van der Waals surface area contributed by atoms with Gasteiger partial charge in [-0.2, -0.15) is 0 Å². The fraction of sp³-hybridized carbons (Fsp3) is 0.130. The fourth-order valence-electron chi connectivity index (χ4n) is 3.02. The van der Waals surface area contributed by atoms with Crippen LogP contribution in [-0.2, 0) is 6.61 Å². The maximum absolute atomic E-state index is 13.4. The molecule has 29 heavy (non-hydrogen) atoms. The van der Waals surface area contributed by atoms with Crippen molar-refractivity contribution in [1.29, 1.82) is 0 Å². The molecule has 1 aromatic heterocycles. The van der Waals surface area contributed by atoms with Crippen LogP contribution in [0.25, 0.3) is 17.1 Å². The molecule has 6 heteroatoms. The number of hydrogen-bond donors (Lipinski definition) is 0. The van der Waals surface area contributed by atoms with Gasteiger partial charge in [0.2, 0.25) is 0 Å². The summed E-state index contributed by atoms with van der Waals surface area (Å²) in [5.41, 5.74) is 3.77. The molecule has 4 nitrogen and oxygen atoms in total. The lowest BCUT2D eigenvalue weighted by Gasteiger charge is -2.12. The number of ether oxygens (including phenoxy) is 1. The predicted octanol–water partition coefficient (Wildman–Crippen LogP) is 5.92. The van der Waals surface area contributed by atoms with E-state index < -0.39 is 0 Å². The van der Waals surface area contributed by atoms with E-state index in [4.69, 9.17) is 16.3 Å². The van der Waals surface area contributed by atoms with E-state index in [-0.39, 0.29) is 12.4 Å². The van der Waals surface area contributed by atoms with Crippen LogP contribution >= 0.6 is 11.6 Å². The summed E-state index contributed by atoms with van der Waals surface area (Å²) in [5.74, 6) is 1.67. The number of halogens is 2. The zero-order chi connectivity index (χ0) is 20.4. The third-order valence-corrected chi connectivity index (χ3v) is 5.05. The second-order valence-corrected chi connectivity index (χ2v) is 7.22. The summed E-state index contributed by atoms with van der Waals surface area (Å²) in [6, 6.07) is 19.8. The number of aryl methyl sites for hydroxylation is 2. The summed E-state index contributed by atoms with van der Waals surface area (Å²) in [6.45, 7) is 4.18. The molecule has 0 unspecified atom stereocenters. The Kier molecular flexibility index (Phi) is 5.32. The maximum Gasteiger partial charge on any atom is 0.175 e. The number of nitrogens with zero attached hydrogens (tertiary/aromatic N) is 3. The lowest BCUT2D eigenvalue weighted by molar-refractivity contribution is 0.293. The zero-order valence-corrected chi connectivity index (χ0v) is 16.8. The van der Waals surface area contributed by atoms with E-state index in [2.05, 4.69) is 10.2 Å². The van der Waals surface area contributed by atoms with E-state index in [1.807, 2.05) is 54.8 Å². The summed E-state index contributed by atoms with van der Waals surface area (Å²) in [6.07, 6.45) is 0. The third-order valence-electron chi connectivity index (χ3n) is 4.62. The molecule has 4 aromatic rings. The van der Waals surface area contributed by atoms with Crippen LogP contribution in [-0.4, -0.2) is 14.8 Å². The van der Waals surface area contributed by atoms with E-state index in [1.165, 1.54) is 12.1 Å². The van der Waals surface area contributed by atoms with Crippen molar-refractivity contribution in [2.75, 3.05) is 0 Å². The monoisotopic (exact) mass is 407 g/mol. The predicted molar refractivity (Wildman–Crippen MR) is 112 cm³/mol. The van der Waals surface area contributed by atoms with Crippen molar-refractivity contribution in [2.24, 2.45) is 0 Å². The third kappa shape index (κ3) is 4.15. The van der Waals surface area contributed by atoms with Gasteiger partial charge in [-0.05, 0) is 74.0 Å². The van der Waals surface area contributed by atoms with Crippen molar-refractivity contribution >= 4 is 11.6 Å². The Morgan fingerprint density at radius 1 is 0.931 bits per heavy atom. The van der Waals surface area contributed by atoms with Gasteiger partial charge >= 0.3 is 0 Å². The minimum atomic E-state index is -0.295. The van der Waals surface area contributed by atoms with Crippen LogP contribution in [0.2, 0.25) is 5.02 Å². The van der Waals surface area contributed by atoms with Gasteiger partial charge in [-0.1, -0.05) is 29.3 Å². The first kappa shape index (κ1) is 19.2. The Bertz CT molecular complexity index is 1140. The first-order valence-corrected chi connectivity index (χ1v) is 9.55. The van der Waals surface area contributed by atoms with Crippen LogP contribution in [0, 0.1) is 19.7 Å². The van der Waals surface area contributed by atoms with Crippen LogP contribution < -0.4 is 4.74 Å². The molecule has 0 aliphatic carbocycles. The molecule has 0 saturated heterocycles. The molecule has 0 fully saturated rings. The van der Waals surface area contributed by atoms with Crippen LogP contribution in [0.15, 0.2) is 66.7 Å². The van der Waals surface area contributed by atoms with E-state index in [0.717, 1.165) is 22.4 Å². The van der Waals surface area contributed by atoms with Gasteiger partial charge in [0.15, 0.2) is 11.6 Å². The standard InChI is InChI=1S/C23H19ClFN3O/c1-15-3-9-19(10-4-15)28-22(14-29-20-11-12-21(24)16(2)13-20)26-27-23(28)17-5-7-18(25)8-6-17/h3-13H,14H2,1-2H3. The molecule has 0 aliphatic heterocycles. The van der Waals surface area contributed by atoms with Crippen LogP contribution in [0.4, 0.5) is 4.39 Å². The van der Waals surface area contributed by atoms with Crippen molar-refractivity contribution in [3.05, 3.63) is 94.5 Å². The van der Waals surface area contributed by atoms with Gasteiger partial charge in [0.1, 0.15) is 18.2 Å². The van der Waals surface area contributed by atoms with Gasteiger partial charge < -0.3 is 4.74 Å². The Morgan fingerprint density at radius 2 is 1.66 bits per heavy atom. The Morgan fingerprint density at radius 3 is 2.34 bits per heavy atom. The summed E-state index contributed by atoms with van der Waals surface area (Å²) in [7, 11) is 0. The number of aromatic nitrogens is 3. The van der Waals surface area contributed by atoms with E-state index in [1.54, 1.807) is 18.2 Å². The Hall–Kier alpha value is -3.18. The lowest BCUT2D eigenvalue weighted by Crippen LogP contribution is -2.07. The molecule has 0 spiro atoms. The molecular weight excluding hydrogens is 389 g/mol. The summed E-state index contributed by atoms with van der Waals surface area (Å²) in [5, 5.41) is 9.38. The maximum atomic E-state index is 13.4. The smallest absolute Gasteiger partial charge is 0.175 e. The number of hydrogen-bond acceptors (Lipinski definition) is 3. The normalized spacial score (nSPS) is 10.9. The average Bonchev–Trinajstić information content (AvgIpc) is 3.14. The van der Waals surface area contributed by atoms with E-state index in [0.29, 0.717) is 22.4 Å². The molecule has 0 saturated carbocycles. The minimum Gasteiger partial charge on any atom is -0.486 e. The molecule has 0 aliphatic rings. The molecule has 3 aromatic carbocycles. The van der Waals surface area contributed by atoms with Gasteiger partial charge in [-0.25, -0.2) is 4.39 Å². The minimum absolute atomic E-state index is 0.225. The molecule has 146 valence electrons. The molecule has 0 atom stereocenters. The van der Waals surface area contributed by atoms with Crippen molar-refractivity contribution in [1.82, 2.24) is 14.8 Å².